The van der Waals surface area contributed by atoms with Crippen LogP contribution < -0.4 is 0 Å². The van der Waals surface area contributed by atoms with E-state index in [0.29, 0.717) is 6.04 Å². The number of hydrogen-bond donors (Lipinski definition) is 0. The highest BCUT2D eigenvalue weighted by atomic mass is 79.9. The molecular formula is C18H22BrN3O2S. The monoisotopic (exact) mass is 423 g/mol. The average molecular weight is 424 g/mol. The fraction of sp³-hybridized carbons (Fsp3) is 0.500. The summed E-state index contributed by atoms with van der Waals surface area (Å²) in [6, 6.07) is 8.50. The molecule has 1 aromatic heterocycles. The van der Waals surface area contributed by atoms with Crippen LogP contribution in [-0.4, -0.2) is 33.1 Å². The van der Waals surface area contributed by atoms with Crippen LogP contribution in [0.5, 0.6) is 0 Å². The van der Waals surface area contributed by atoms with Gasteiger partial charge in [0.2, 0.25) is 0 Å². The van der Waals surface area contributed by atoms with Crippen LogP contribution in [0, 0.1) is 0 Å². The SMILES string of the molecule is COC(=O)[C@H](C)Sc1nnc(-c2ccc(Br)cc2)n1C1CCCCC1. The lowest BCUT2D eigenvalue weighted by atomic mass is 9.95. The Hall–Kier alpha value is -1.34. The molecular weight excluding hydrogens is 402 g/mol. The Kier molecular flexibility index (Phi) is 6.17. The van der Waals surface area contributed by atoms with Gasteiger partial charge >= 0.3 is 5.97 Å². The zero-order valence-corrected chi connectivity index (χ0v) is 16.8. The van der Waals surface area contributed by atoms with Gasteiger partial charge in [0.25, 0.3) is 0 Å². The minimum atomic E-state index is -0.311. The third-order valence-electron chi connectivity index (χ3n) is 4.52. The quantitative estimate of drug-likeness (QED) is 0.507. The number of methoxy groups -OCH3 is 1. The van der Waals surface area contributed by atoms with Crippen LogP contribution in [0.1, 0.15) is 45.1 Å². The zero-order chi connectivity index (χ0) is 17.8. The average Bonchev–Trinajstić information content (AvgIpc) is 3.05. The maximum Gasteiger partial charge on any atom is 0.318 e. The maximum atomic E-state index is 11.8. The van der Waals surface area contributed by atoms with Gasteiger partial charge in [-0.05, 0) is 31.9 Å². The zero-order valence-electron chi connectivity index (χ0n) is 14.4. The maximum absolute atomic E-state index is 11.8. The first-order chi connectivity index (χ1) is 12.1. The molecule has 7 heteroatoms. The van der Waals surface area contributed by atoms with Gasteiger partial charge in [-0.3, -0.25) is 9.36 Å². The Balaban J connectivity index is 1.97. The molecule has 1 fully saturated rings. The molecule has 0 bridgehead atoms. The van der Waals surface area contributed by atoms with Gasteiger partial charge < -0.3 is 4.74 Å². The summed E-state index contributed by atoms with van der Waals surface area (Å²) in [6.07, 6.45) is 5.98. The molecule has 1 heterocycles. The van der Waals surface area contributed by atoms with Crippen molar-refractivity contribution in [1.29, 1.82) is 0 Å². The minimum Gasteiger partial charge on any atom is -0.468 e. The second-order valence-electron chi connectivity index (χ2n) is 6.26. The molecule has 1 saturated carbocycles. The van der Waals surface area contributed by atoms with Crippen molar-refractivity contribution in [2.75, 3.05) is 7.11 Å². The summed E-state index contributed by atoms with van der Waals surface area (Å²) in [6.45, 7) is 1.84. The van der Waals surface area contributed by atoms with Crippen molar-refractivity contribution in [3.63, 3.8) is 0 Å². The first-order valence-electron chi connectivity index (χ1n) is 8.55. The van der Waals surface area contributed by atoms with Crippen LogP contribution in [0.15, 0.2) is 33.9 Å². The van der Waals surface area contributed by atoms with Crippen LogP contribution in [0.4, 0.5) is 0 Å². The number of thioether (sulfide) groups is 1. The van der Waals surface area contributed by atoms with E-state index in [2.05, 4.69) is 30.7 Å². The molecule has 1 aliphatic rings. The van der Waals surface area contributed by atoms with E-state index in [-0.39, 0.29) is 11.2 Å². The number of aromatic nitrogens is 3. The summed E-state index contributed by atoms with van der Waals surface area (Å²) in [4.78, 5) is 11.8. The number of ether oxygens (including phenoxy) is 1. The number of rotatable bonds is 5. The third kappa shape index (κ3) is 4.26. The van der Waals surface area contributed by atoms with Crippen LogP contribution in [-0.2, 0) is 9.53 Å². The molecule has 0 saturated heterocycles. The predicted molar refractivity (Wildman–Crippen MR) is 103 cm³/mol. The second-order valence-corrected chi connectivity index (χ2v) is 8.48. The highest BCUT2D eigenvalue weighted by Crippen LogP contribution is 2.36. The van der Waals surface area contributed by atoms with Gasteiger partial charge in [-0.1, -0.05) is 59.1 Å². The van der Waals surface area contributed by atoms with E-state index < -0.39 is 0 Å². The van der Waals surface area contributed by atoms with Gasteiger partial charge in [0.1, 0.15) is 5.25 Å². The van der Waals surface area contributed by atoms with Crippen molar-refractivity contribution >= 4 is 33.7 Å². The van der Waals surface area contributed by atoms with Crippen LogP contribution in [0.3, 0.4) is 0 Å². The Labute approximate surface area is 160 Å². The standard InChI is InChI=1S/C18H22BrN3O2S/c1-12(17(23)24-2)25-18-21-20-16(13-8-10-14(19)11-9-13)22(18)15-6-4-3-5-7-15/h8-12,15H,3-7H2,1-2H3/t12-/m0/s1. The minimum absolute atomic E-state index is 0.242. The molecule has 5 nitrogen and oxygen atoms in total. The summed E-state index contributed by atoms with van der Waals surface area (Å²) in [5.41, 5.74) is 1.04. The number of hydrogen-bond acceptors (Lipinski definition) is 5. The van der Waals surface area contributed by atoms with Gasteiger partial charge in [-0.25, -0.2) is 0 Å². The second kappa shape index (κ2) is 8.36. The topological polar surface area (TPSA) is 57.0 Å². The summed E-state index contributed by atoms with van der Waals surface area (Å²) >= 11 is 4.90. The smallest absolute Gasteiger partial charge is 0.318 e. The van der Waals surface area contributed by atoms with Crippen molar-refractivity contribution in [2.45, 2.75) is 55.5 Å². The van der Waals surface area contributed by atoms with Crippen LogP contribution in [0.2, 0.25) is 0 Å². The molecule has 0 spiro atoms. The highest BCUT2D eigenvalue weighted by molar-refractivity contribution is 9.10. The normalized spacial score (nSPS) is 16.6. The lowest BCUT2D eigenvalue weighted by molar-refractivity contribution is -0.139. The van der Waals surface area contributed by atoms with Crippen molar-refractivity contribution in [1.82, 2.24) is 14.8 Å². The fourth-order valence-corrected chi connectivity index (χ4v) is 4.40. The number of carbonyl (C=O) groups is 1. The van der Waals surface area contributed by atoms with Gasteiger partial charge in [-0.15, -0.1) is 10.2 Å². The summed E-state index contributed by atoms with van der Waals surface area (Å²) in [5, 5.41) is 9.34. The molecule has 2 aromatic rings. The Morgan fingerprint density at radius 2 is 1.92 bits per heavy atom. The van der Waals surface area contributed by atoms with Crippen molar-refractivity contribution in [2.24, 2.45) is 0 Å². The number of esters is 1. The lowest BCUT2D eigenvalue weighted by Gasteiger charge is -2.26. The fourth-order valence-electron chi connectivity index (χ4n) is 3.19. The van der Waals surface area contributed by atoms with E-state index >= 15 is 0 Å². The number of benzene rings is 1. The first-order valence-corrected chi connectivity index (χ1v) is 10.2. The number of carbonyl (C=O) groups excluding carboxylic acids is 1. The lowest BCUT2D eigenvalue weighted by Crippen LogP contribution is -2.18. The Bertz CT molecular complexity index is 726. The summed E-state index contributed by atoms with van der Waals surface area (Å²) < 4.78 is 8.12. The molecule has 25 heavy (non-hydrogen) atoms. The number of nitrogens with zero attached hydrogens (tertiary/aromatic N) is 3. The molecule has 0 aliphatic heterocycles. The Morgan fingerprint density at radius 3 is 2.56 bits per heavy atom. The molecule has 134 valence electrons. The molecule has 1 aliphatic carbocycles. The van der Waals surface area contributed by atoms with Crippen molar-refractivity contribution in [3.8, 4) is 11.4 Å². The summed E-state index contributed by atoms with van der Waals surface area (Å²) in [5.74, 6) is 0.632. The molecule has 0 unspecified atom stereocenters. The van der Waals surface area contributed by atoms with E-state index in [1.807, 2.05) is 31.2 Å². The first kappa shape index (κ1) is 18.5. The van der Waals surface area contributed by atoms with E-state index in [1.165, 1.54) is 38.1 Å². The van der Waals surface area contributed by atoms with Gasteiger partial charge in [0.05, 0.1) is 7.11 Å². The molecule has 0 N–H and O–H groups in total. The van der Waals surface area contributed by atoms with Gasteiger partial charge in [0, 0.05) is 16.1 Å². The molecule has 1 aromatic carbocycles. The van der Waals surface area contributed by atoms with Crippen molar-refractivity contribution < 1.29 is 9.53 Å². The van der Waals surface area contributed by atoms with Gasteiger partial charge in [0.15, 0.2) is 11.0 Å². The van der Waals surface area contributed by atoms with E-state index in [9.17, 15) is 4.79 Å². The van der Waals surface area contributed by atoms with E-state index in [4.69, 9.17) is 4.74 Å². The largest absolute Gasteiger partial charge is 0.468 e. The molecule has 0 radical (unpaired) electrons. The summed E-state index contributed by atoms with van der Waals surface area (Å²) in [7, 11) is 1.42. The molecule has 1 atom stereocenters. The van der Waals surface area contributed by atoms with Gasteiger partial charge in [-0.2, -0.15) is 0 Å². The molecule has 0 amide bonds. The van der Waals surface area contributed by atoms with Crippen molar-refractivity contribution in [3.05, 3.63) is 28.7 Å². The highest BCUT2D eigenvalue weighted by Gasteiger charge is 2.26. The molecule has 3 rings (SSSR count). The number of halogens is 1. The van der Waals surface area contributed by atoms with Crippen LogP contribution in [0.25, 0.3) is 11.4 Å². The predicted octanol–water partition coefficient (Wildman–Crippen LogP) is 4.87. The third-order valence-corrected chi connectivity index (χ3v) is 6.09. The van der Waals surface area contributed by atoms with Crippen LogP contribution >= 0.6 is 27.7 Å². The van der Waals surface area contributed by atoms with E-state index in [0.717, 1.165) is 33.9 Å². The Morgan fingerprint density at radius 1 is 1.24 bits per heavy atom. The van der Waals surface area contributed by atoms with E-state index in [1.54, 1.807) is 0 Å².